The van der Waals surface area contributed by atoms with Crippen molar-refractivity contribution in [2.75, 3.05) is 0 Å². The van der Waals surface area contributed by atoms with E-state index >= 15 is 0 Å². The van der Waals surface area contributed by atoms with Crippen LogP contribution in [0.4, 0.5) is 0 Å². The van der Waals surface area contributed by atoms with Crippen molar-refractivity contribution < 1.29 is 0 Å². The van der Waals surface area contributed by atoms with Crippen molar-refractivity contribution in [3.05, 3.63) is 99.8 Å². The van der Waals surface area contributed by atoms with Crippen LogP contribution in [0.3, 0.4) is 0 Å². The summed E-state index contributed by atoms with van der Waals surface area (Å²) in [6.45, 7) is 4.14. The molecule has 1 heterocycles. The number of nitrogens with zero attached hydrogens (tertiary/aromatic N) is 2. The summed E-state index contributed by atoms with van der Waals surface area (Å²) in [5.74, 6) is 0.760. The van der Waals surface area contributed by atoms with Gasteiger partial charge < -0.3 is 0 Å². The molecule has 4 rings (SSSR count). The molecule has 4 aromatic rings. The van der Waals surface area contributed by atoms with Crippen LogP contribution in [-0.4, -0.2) is 9.55 Å². The number of rotatable bonds is 4. The summed E-state index contributed by atoms with van der Waals surface area (Å²) in [6.07, 6.45) is 0. The van der Waals surface area contributed by atoms with Crippen LogP contribution in [0.15, 0.2) is 82.7 Å². The monoisotopic (exact) mass is 372 g/mol. The molecule has 0 saturated heterocycles. The van der Waals surface area contributed by atoms with E-state index in [0.717, 1.165) is 22.5 Å². The minimum Gasteiger partial charge on any atom is -0.268 e. The third-order valence-corrected chi connectivity index (χ3v) is 5.71. The Morgan fingerprint density at radius 3 is 2.41 bits per heavy atom. The number of aryl methyl sites for hydroxylation is 2. The van der Waals surface area contributed by atoms with Crippen molar-refractivity contribution in [2.24, 2.45) is 0 Å². The second-order valence-corrected chi connectivity index (χ2v) is 7.54. The third kappa shape index (κ3) is 3.53. The van der Waals surface area contributed by atoms with Crippen LogP contribution in [-0.2, 0) is 5.75 Å². The second kappa shape index (κ2) is 7.41. The van der Waals surface area contributed by atoms with E-state index in [2.05, 4.69) is 38.1 Å². The van der Waals surface area contributed by atoms with Crippen molar-refractivity contribution >= 4 is 22.7 Å². The quantitative estimate of drug-likeness (QED) is 0.360. The lowest BCUT2D eigenvalue weighted by atomic mass is 10.1. The van der Waals surface area contributed by atoms with E-state index in [0.29, 0.717) is 10.5 Å². The Balaban J connectivity index is 1.87. The van der Waals surface area contributed by atoms with Gasteiger partial charge in [0.25, 0.3) is 5.56 Å². The second-order valence-electron chi connectivity index (χ2n) is 6.59. The molecule has 0 bridgehead atoms. The molecule has 0 spiro atoms. The fourth-order valence-corrected chi connectivity index (χ4v) is 3.99. The number of fused-ring (bicyclic) bond motifs is 1. The molecule has 0 atom stereocenters. The van der Waals surface area contributed by atoms with Gasteiger partial charge in [-0.05, 0) is 54.8 Å². The Labute approximate surface area is 162 Å². The first-order valence-electron chi connectivity index (χ1n) is 8.89. The number of para-hydroxylation sites is 1. The first-order valence-corrected chi connectivity index (χ1v) is 9.88. The molecule has 0 amide bonds. The summed E-state index contributed by atoms with van der Waals surface area (Å²) in [5, 5.41) is 1.35. The first-order chi connectivity index (χ1) is 13.1. The molecule has 0 N–H and O–H groups in total. The van der Waals surface area contributed by atoms with Crippen LogP contribution in [0.2, 0.25) is 0 Å². The molecule has 0 saturated carbocycles. The van der Waals surface area contributed by atoms with E-state index in [1.54, 1.807) is 16.3 Å². The predicted molar refractivity (Wildman–Crippen MR) is 113 cm³/mol. The zero-order valence-corrected chi connectivity index (χ0v) is 16.2. The van der Waals surface area contributed by atoms with Gasteiger partial charge in [0.05, 0.1) is 16.6 Å². The van der Waals surface area contributed by atoms with Crippen LogP contribution in [0.1, 0.15) is 16.7 Å². The van der Waals surface area contributed by atoms with E-state index < -0.39 is 0 Å². The van der Waals surface area contributed by atoms with E-state index in [9.17, 15) is 4.79 Å². The molecule has 1 aromatic heterocycles. The Bertz CT molecular complexity index is 1170. The maximum atomic E-state index is 13.3. The molecule has 0 aliphatic carbocycles. The van der Waals surface area contributed by atoms with Crippen LogP contribution in [0.25, 0.3) is 16.6 Å². The molecule has 0 radical (unpaired) electrons. The molecule has 134 valence electrons. The van der Waals surface area contributed by atoms with Crippen molar-refractivity contribution in [1.82, 2.24) is 9.55 Å². The number of thioether (sulfide) groups is 1. The summed E-state index contributed by atoms with van der Waals surface area (Å²) >= 11 is 1.59. The molecule has 0 unspecified atom stereocenters. The summed E-state index contributed by atoms with van der Waals surface area (Å²) in [5.41, 5.74) is 5.14. The van der Waals surface area contributed by atoms with Gasteiger partial charge in [-0.2, -0.15) is 0 Å². The van der Waals surface area contributed by atoms with E-state index in [-0.39, 0.29) is 5.56 Å². The Morgan fingerprint density at radius 1 is 0.889 bits per heavy atom. The van der Waals surface area contributed by atoms with Gasteiger partial charge in [-0.25, -0.2) is 4.98 Å². The van der Waals surface area contributed by atoms with Gasteiger partial charge in [0.15, 0.2) is 5.16 Å². The van der Waals surface area contributed by atoms with Crippen molar-refractivity contribution in [2.45, 2.75) is 24.8 Å². The summed E-state index contributed by atoms with van der Waals surface area (Å²) in [7, 11) is 0. The lowest BCUT2D eigenvalue weighted by molar-refractivity contribution is 0.818. The van der Waals surface area contributed by atoms with Crippen molar-refractivity contribution in [3.8, 4) is 5.69 Å². The lowest BCUT2D eigenvalue weighted by Crippen LogP contribution is -2.22. The molecule has 4 heteroatoms. The maximum Gasteiger partial charge on any atom is 0.266 e. The average Bonchev–Trinajstić information content (AvgIpc) is 2.70. The normalized spacial score (nSPS) is 11.0. The SMILES string of the molecule is Cc1ccc(-n2c(SCc3ccccc3)nc3ccccc3c2=O)cc1C. The highest BCUT2D eigenvalue weighted by Gasteiger charge is 2.14. The average molecular weight is 372 g/mol. The third-order valence-electron chi connectivity index (χ3n) is 4.70. The Kier molecular flexibility index (Phi) is 4.82. The summed E-state index contributed by atoms with van der Waals surface area (Å²) < 4.78 is 1.74. The molecule has 3 nitrogen and oxygen atoms in total. The van der Waals surface area contributed by atoms with Crippen LogP contribution in [0, 0.1) is 13.8 Å². The Morgan fingerprint density at radius 2 is 1.63 bits per heavy atom. The smallest absolute Gasteiger partial charge is 0.266 e. The summed E-state index contributed by atoms with van der Waals surface area (Å²) in [6, 6.07) is 23.9. The minimum absolute atomic E-state index is 0.0283. The molecular formula is C23H20N2OS. The van der Waals surface area contributed by atoms with Crippen LogP contribution < -0.4 is 5.56 Å². The van der Waals surface area contributed by atoms with Crippen molar-refractivity contribution in [1.29, 1.82) is 0 Å². The fraction of sp³-hybridized carbons (Fsp3) is 0.130. The fourth-order valence-electron chi connectivity index (χ4n) is 3.02. The molecular weight excluding hydrogens is 352 g/mol. The maximum absolute atomic E-state index is 13.3. The molecule has 0 fully saturated rings. The number of hydrogen-bond donors (Lipinski definition) is 0. The number of benzene rings is 3. The highest BCUT2D eigenvalue weighted by molar-refractivity contribution is 7.98. The van der Waals surface area contributed by atoms with Gasteiger partial charge in [-0.15, -0.1) is 0 Å². The number of aromatic nitrogens is 2. The zero-order valence-electron chi connectivity index (χ0n) is 15.3. The van der Waals surface area contributed by atoms with E-state index in [4.69, 9.17) is 4.98 Å². The van der Waals surface area contributed by atoms with Gasteiger partial charge in [-0.1, -0.05) is 60.3 Å². The van der Waals surface area contributed by atoms with Gasteiger partial charge >= 0.3 is 0 Å². The summed E-state index contributed by atoms with van der Waals surface area (Å²) in [4.78, 5) is 18.1. The highest BCUT2D eigenvalue weighted by Crippen LogP contribution is 2.25. The number of hydrogen-bond acceptors (Lipinski definition) is 3. The van der Waals surface area contributed by atoms with Gasteiger partial charge in [-0.3, -0.25) is 9.36 Å². The topological polar surface area (TPSA) is 34.9 Å². The van der Waals surface area contributed by atoms with Crippen LogP contribution >= 0.6 is 11.8 Å². The van der Waals surface area contributed by atoms with E-state index in [1.807, 2.05) is 48.5 Å². The first kappa shape index (κ1) is 17.6. The van der Waals surface area contributed by atoms with Crippen LogP contribution in [0.5, 0.6) is 0 Å². The lowest BCUT2D eigenvalue weighted by Gasteiger charge is -2.14. The molecule has 27 heavy (non-hydrogen) atoms. The molecule has 3 aromatic carbocycles. The Hall–Kier alpha value is -2.85. The van der Waals surface area contributed by atoms with Gasteiger partial charge in [0.1, 0.15) is 0 Å². The molecule has 0 aliphatic heterocycles. The highest BCUT2D eigenvalue weighted by atomic mass is 32.2. The minimum atomic E-state index is -0.0283. The van der Waals surface area contributed by atoms with E-state index in [1.165, 1.54) is 11.1 Å². The standard InChI is InChI=1S/C23H20N2OS/c1-16-12-13-19(14-17(16)2)25-22(26)20-10-6-7-11-21(20)24-23(25)27-15-18-8-4-3-5-9-18/h3-14H,15H2,1-2H3. The van der Waals surface area contributed by atoms with Gasteiger partial charge in [0.2, 0.25) is 0 Å². The largest absolute Gasteiger partial charge is 0.268 e. The molecule has 0 aliphatic rings. The van der Waals surface area contributed by atoms with Crippen molar-refractivity contribution in [3.63, 3.8) is 0 Å². The predicted octanol–water partition coefficient (Wildman–Crippen LogP) is 5.29. The van der Waals surface area contributed by atoms with Gasteiger partial charge in [0, 0.05) is 5.75 Å². The zero-order chi connectivity index (χ0) is 18.8.